The van der Waals surface area contributed by atoms with Crippen molar-refractivity contribution in [3.63, 3.8) is 0 Å². The van der Waals surface area contributed by atoms with Gasteiger partial charge in [0.15, 0.2) is 0 Å². The van der Waals surface area contributed by atoms with Crippen molar-refractivity contribution in [2.45, 2.75) is 32.6 Å². The summed E-state index contributed by atoms with van der Waals surface area (Å²) in [5.74, 6) is -1.23. The zero-order chi connectivity index (χ0) is 22.5. The van der Waals surface area contributed by atoms with Gasteiger partial charge in [-0.05, 0) is 50.1 Å². The van der Waals surface area contributed by atoms with E-state index in [4.69, 9.17) is 4.74 Å². The second-order valence-corrected chi connectivity index (χ2v) is 8.85. The van der Waals surface area contributed by atoms with E-state index in [1.165, 1.54) is 24.1 Å². The standard InChI is InChI=1S/C22H28N2O5S/c1-6-24(14-17(4)22(26)29-5)21(25)19-13-18(12-11-15(19)2)30(27,28)23-20-10-8-7-9-16(20)3/h7-13,17,23H,6,14H2,1-5H3. The van der Waals surface area contributed by atoms with Crippen molar-refractivity contribution in [3.8, 4) is 0 Å². The summed E-state index contributed by atoms with van der Waals surface area (Å²) in [4.78, 5) is 26.3. The van der Waals surface area contributed by atoms with Gasteiger partial charge in [0.05, 0.1) is 23.6 Å². The molecule has 2 aromatic carbocycles. The van der Waals surface area contributed by atoms with Crippen LogP contribution in [0.3, 0.4) is 0 Å². The average molecular weight is 433 g/mol. The van der Waals surface area contributed by atoms with E-state index in [-0.39, 0.29) is 22.9 Å². The van der Waals surface area contributed by atoms with Crippen molar-refractivity contribution in [2.75, 3.05) is 24.9 Å². The van der Waals surface area contributed by atoms with E-state index < -0.39 is 21.9 Å². The van der Waals surface area contributed by atoms with E-state index in [0.717, 1.165) is 5.56 Å². The van der Waals surface area contributed by atoms with Crippen molar-refractivity contribution < 1.29 is 22.7 Å². The van der Waals surface area contributed by atoms with Gasteiger partial charge in [-0.3, -0.25) is 14.3 Å². The average Bonchev–Trinajstić information content (AvgIpc) is 2.72. The Morgan fingerprint density at radius 1 is 1.10 bits per heavy atom. The van der Waals surface area contributed by atoms with Crippen LogP contribution in [0.2, 0.25) is 0 Å². The second kappa shape index (κ2) is 9.75. The van der Waals surface area contributed by atoms with Gasteiger partial charge in [-0.1, -0.05) is 31.2 Å². The molecule has 0 aliphatic carbocycles. The summed E-state index contributed by atoms with van der Waals surface area (Å²) < 4.78 is 33.1. The fourth-order valence-electron chi connectivity index (χ4n) is 3.02. The number of ether oxygens (including phenoxy) is 1. The summed E-state index contributed by atoms with van der Waals surface area (Å²) in [5.41, 5.74) is 2.20. The molecule has 2 aromatic rings. The van der Waals surface area contributed by atoms with Crippen molar-refractivity contribution >= 4 is 27.6 Å². The molecule has 0 bridgehead atoms. The molecular weight excluding hydrogens is 404 g/mol. The van der Waals surface area contributed by atoms with Crippen LogP contribution < -0.4 is 4.72 Å². The van der Waals surface area contributed by atoms with Crippen LogP contribution in [0.1, 0.15) is 35.3 Å². The molecule has 0 fully saturated rings. The molecule has 0 spiro atoms. The first-order valence-electron chi connectivity index (χ1n) is 9.67. The molecule has 0 aliphatic heterocycles. The molecule has 1 unspecified atom stereocenters. The molecule has 0 aliphatic rings. The van der Waals surface area contributed by atoms with Crippen LogP contribution in [0.4, 0.5) is 5.69 Å². The molecular formula is C22H28N2O5S. The monoisotopic (exact) mass is 432 g/mol. The van der Waals surface area contributed by atoms with Crippen molar-refractivity contribution in [3.05, 3.63) is 59.2 Å². The molecule has 30 heavy (non-hydrogen) atoms. The SMILES string of the molecule is CCN(CC(C)C(=O)OC)C(=O)c1cc(S(=O)(=O)Nc2ccccc2C)ccc1C. The van der Waals surface area contributed by atoms with Gasteiger partial charge in [-0.25, -0.2) is 8.42 Å². The van der Waals surface area contributed by atoms with E-state index in [2.05, 4.69) is 4.72 Å². The number of para-hydroxylation sites is 1. The van der Waals surface area contributed by atoms with Crippen molar-refractivity contribution in [1.82, 2.24) is 4.90 Å². The van der Waals surface area contributed by atoms with Gasteiger partial charge in [0.25, 0.3) is 15.9 Å². The number of aryl methyl sites for hydroxylation is 2. The van der Waals surface area contributed by atoms with Gasteiger partial charge in [0.1, 0.15) is 0 Å². The second-order valence-electron chi connectivity index (χ2n) is 7.17. The zero-order valence-corrected chi connectivity index (χ0v) is 18.7. The van der Waals surface area contributed by atoms with Crippen molar-refractivity contribution in [2.24, 2.45) is 5.92 Å². The molecule has 7 nitrogen and oxygen atoms in total. The Hall–Kier alpha value is -2.87. The molecule has 0 heterocycles. The normalized spacial score (nSPS) is 12.2. The summed E-state index contributed by atoms with van der Waals surface area (Å²) in [5, 5.41) is 0. The van der Waals surface area contributed by atoms with Gasteiger partial charge in [-0.15, -0.1) is 0 Å². The number of carbonyl (C=O) groups is 2. The molecule has 0 radical (unpaired) electrons. The zero-order valence-electron chi connectivity index (χ0n) is 17.9. The van der Waals surface area contributed by atoms with E-state index in [1.54, 1.807) is 39.0 Å². The highest BCUT2D eigenvalue weighted by molar-refractivity contribution is 7.92. The van der Waals surface area contributed by atoms with E-state index in [9.17, 15) is 18.0 Å². The topological polar surface area (TPSA) is 92.8 Å². The quantitative estimate of drug-likeness (QED) is 0.646. The smallest absolute Gasteiger partial charge is 0.310 e. The lowest BCUT2D eigenvalue weighted by atomic mass is 10.1. The Kier molecular flexibility index (Phi) is 7.61. The molecule has 1 amide bonds. The predicted octanol–water partition coefficient (Wildman–Crippen LogP) is 3.38. The third-order valence-corrected chi connectivity index (χ3v) is 6.27. The van der Waals surface area contributed by atoms with Crippen LogP contribution in [0.5, 0.6) is 0 Å². The number of methoxy groups -OCH3 is 1. The number of rotatable bonds is 8. The Bertz CT molecular complexity index is 1030. The molecule has 162 valence electrons. The Morgan fingerprint density at radius 2 is 1.77 bits per heavy atom. The highest BCUT2D eigenvalue weighted by Crippen LogP contribution is 2.22. The van der Waals surface area contributed by atoms with Gasteiger partial charge < -0.3 is 9.64 Å². The molecule has 1 N–H and O–H groups in total. The maximum atomic E-state index is 13.1. The summed E-state index contributed by atoms with van der Waals surface area (Å²) in [6.45, 7) is 7.59. The predicted molar refractivity (Wildman–Crippen MR) is 116 cm³/mol. The largest absolute Gasteiger partial charge is 0.469 e. The number of carbonyl (C=O) groups excluding carboxylic acids is 2. The first-order valence-corrected chi connectivity index (χ1v) is 11.1. The number of anilines is 1. The minimum atomic E-state index is -3.88. The minimum Gasteiger partial charge on any atom is -0.469 e. The lowest BCUT2D eigenvalue weighted by Crippen LogP contribution is -2.37. The fourth-order valence-corrected chi connectivity index (χ4v) is 4.18. The van der Waals surface area contributed by atoms with E-state index >= 15 is 0 Å². The summed E-state index contributed by atoms with van der Waals surface area (Å²) in [7, 11) is -2.57. The number of hydrogen-bond donors (Lipinski definition) is 1. The van der Waals surface area contributed by atoms with Gasteiger partial charge in [0, 0.05) is 18.7 Å². The highest BCUT2D eigenvalue weighted by atomic mass is 32.2. The fraction of sp³-hybridized carbons (Fsp3) is 0.364. The Balaban J connectivity index is 2.34. The number of nitrogens with one attached hydrogen (secondary N) is 1. The van der Waals surface area contributed by atoms with Crippen LogP contribution in [0.25, 0.3) is 0 Å². The molecule has 2 rings (SSSR count). The third kappa shape index (κ3) is 5.38. The number of esters is 1. The first-order chi connectivity index (χ1) is 14.1. The summed E-state index contributed by atoms with van der Waals surface area (Å²) in [6.07, 6.45) is 0. The molecule has 0 saturated carbocycles. The summed E-state index contributed by atoms with van der Waals surface area (Å²) >= 11 is 0. The van der Waals surface area contributed by atoms with Crippen LogP contribution in [0, 0.1) is 19.8 Å². The van der Waals surface area contributed by atoms with E-state index in [0.29, 0.717) is 17.8 Å². The van der Waals surface area contributed by atoms with Gasteiger partial charge in [0.2, 0.25) is 0 Å². The first kappa shape index (κ1) is 23.4. The van der Waals surface area contributed by atoms with E-state index in [1.807, 2.05) is 19.1 Å². The van der Waals surface area contributed by atoms with Gasteiger partial charge >= 0.3 is 5.97 Å². The minimum absolute atomic E-state index is 0.00299. The van der Waals surface area contributed by atoms with Crippen LogP contribution >= 0.6 is 0 Å². The molecule has 0 aromatic heterocycles. The number of amides is 1. The van der Waals surface area contributed by atoms with Crippen LogP contribution in [-0.4, -0.2) is 45.4 Å². The highest BCUT2D eigenvalue weighted by Gasteiger charge is 2.24. The number of hydrogen-bond acceptors (Lipinski definition) is 5. The van der Waals surface area contributed by atoms with Crippen LogP contribution in [0.15, 0.2) is 47.4 Å². The maximum Gasteiger partial charge on any atom is 0.310 e. The third-order valence-electron chi connectivity index (χ3n) is 4.91. The summed E-state index contributed by atoms with van der Waals surface area (Å²) in [6, 6.07) is 11.5. The number of benzene rings is 2. The number of sulfonamides is 1. The Labute approximate surface area is 178 Å². The van der Waals surface area contributed by atoms with Gasteiger partial charge in [-0.2, -0.15) is 0 Å². The molecule has 8 heteroatoms. The number of nitrogens with zero attached hydrogens (tertiary/aromatic N) is 1. The maximum absolute atomic E-state index is 13.1. The Morgan fingerprint density at radius 3 is 2.37 bits per heavy atom. The molecule has 1 atom stereocenters. The van der Waals surface area contributed by atoms with Crippen molar-refractivity contribution in [1.29, 1.82) is 0 Å². The van der Waals surface area contributed by atoms with Crippen LogP contribution in [-0.2, 0) is 19.6 Å². The lowest BCUT2D eigenvalue weighted by molar-refractivity contribution is -0.145. The molecule has 0 saturated heterocycles. The lowest BCUT2D eigenvalue weighted by Gasteiger charge is -2.24.